The van der Waals surface area contributed by atoms with Gasteiger partial charge in [-0.1, -0.05) is 117 Å². The van der Waals surface area contributed by atoms with Crippen molar-refractivity contribution >= 4 is 48.6 Å². The van der Waals surface area contributed by atoms with E-state index in [-0.39, 0.29) is 10.8 Å². The number of rotatable bonds is 4. The van der Waals surface area contributed by atoms with E-state index in [4.69, 9.17) is 0 Å². The minimum atomic E-state index is -0.0779. The predicted molar refractivity (Wildman–Crippen MR) is 240 cm³/mol. The first kappa shape index (κ1) is 32.6. The molecule has 0 radical (unpaired) electrons. The number of fused-ring (bicyclic) bond motifs is 9. The van der Waals surface area contributed by atoms with Crippen molar-refractivity contribution in [2.75, 3.05) is 4.90 Å². The van der Waals surface area contributed by atoms with Crippen molar-refractivity contribution in [3.05, 3.63) is 174 Å². The second-order valence-corrected chi connectivity index (χ2v) is 19.6. The Morgan fingerprint density at radius 1 is 0.439 bits per heavy atom. The molecule has 4 fully saturated rings. The summed E-state index contributed by atoms with van der Waals surface area (Å²) >= 11 is 1.89. The normalized spacial score (nSPS) is 24.2. The summed E-state index contributed by atoms with van der Waals surface area (Å²) < 4.78 is 2.69. The van der Waals surface area contributed by atoms with Crippen LogP contribution in [0.3, 0.4) is 0 Å². The van der Waals surface area contributed by atoms with Gasteiger partial charge in [-0.25, -0.2) is 0 Å². The molecule has 6 aliphatic rings. The maximum atomic E-state index is 2.57. The van der Waals surface area contributed by atoms with Gasteiger partial charge in [-0.2, -0.15) is 0 Å². The quantitative estimate of drug-likeness (QED) is 0.173. The van der Waals surface area contributed by atoms with Gasteiger partial charge in [0, 0.05) is 48.1 Å². The van der Waals surface area contributed by atoms with Crippen molar-refractivity contribution < 1.29 is 0 Å². The topological polar surface area (TPSA) is 3.24 Å². The van der Waals surface area contributed by atoms with Gasteiger partial charge in [-0.05, 0) is 160 Å². The van der Waals surface area contributed by atoms with Crippen LogP contribution in [0.4, 0.5) is 17.1 Å². The molecular weight excluding hydrogens is 707 g/mol. The Hall–Kier alpha value is -5.44. The number of hydrogen-bond donors (Lipinski definition) is 0. The van der Waals surface area contributed by atoms with Gasteiger partial charge in [0.2, 0.25) is 0 Å². The lowest BCUT2D eigenvalue weighted by Crippen LogP contribution is -2.55. The molecule has 0 aliphatic heterocycles. The minimum Gasteiger partial charge on any atom is -0.310 e. The first-order valence-electron chi connectivity index (χ1n) is 21.3. The van der Waals surface area contributed by atoms with Crippen molar-refractivity contribution in [1.82, 2.24) is 0 Å². The lowest BCUT2D eigenvalue weighted by Gasteiger charge is -2.61. The van der Waals surface area contributed by atoms with Crippen molar-refractivity contribution in [3.63, 3.8) is 0 Å². The largest absolute Gasteiger partial charge is 0.310 e. The van der Waals surface area contributed by atoms with Crippen LogP contribution < -0.4 is 4.90 Å². The molecule has 0 N–H and O–H groups in total. The van der Waals surface area contributed by atoms with E-state index in [2.05, 4.69) is 170 Å². The van der Waals surface area contributed by atoms with Crippen LogP contribution in [-0.2, 0) is 10.8 Å². The first-order chi connectivity index (χ1) is 27.9. The van der Waals surface area contributed by atoms with E-state index in [1.54, 1.807) is 11.1 Å². The van der Waals surface area contributed by atoms with Gasteiger partial charge in [0.15, 0.2) is 0 Å². The monoisotopic (exact) mass is 751 g/mol. The molecule has 1 nitrogen and oxygen atoms in total. The highest BCUT2D eigenvalue weighted by Gasteiger charge is 2.61. The fraction of sp³-hybridized carbons (Fsp3) is 0.236. The van der Waals surface area contributed by atoms with Gasteiger partial charge in [0.05, 0.1) is 0 Å². The molecule has 8 aromatic rings. The summed E-state index contributed by atoms with van der Waals surface area (Å²) in [7, 11) is 0. The van der Waals surface area contributed by atoms with Gasteiger partial charge < -0.3 is 4.90 Å². The Kier molecular flexibility index (Phi) is 6.63. The molecule has 6 aliphatic carbocycles. The van der Waals surface area contributed by atoms with Gasteiger partial charge in [0.25, 0.3) is 0 Å². The summed E-state index contributed by atoms with van der Waals surface area (Å²) in [5.74, 6) is 3.40. The van der Waals surface area contributed by atoms with Crippen molar-refractivity contribution in [3.8, 4) is 33.4 Å². The van der Waals surface area contributed by atoms with Crippen LogP contribution in [0, 0.1) is 23.7 Å². The van der Waals surface area contributed by atoms with E-state index in [0.717, 1.165) is 23.7 Å². The van der Waals surface area contributed by atoms with Crippen LogP contribution in [0.5, 0.6) is 0 Å². The number of hydrogen-bond acceptors (Lipinski definition) is 2. The average Bonchev–Trinajstić information content (AvgIpc) is 3.83. The van der Waals surface area contributed by atoms with Crippen LogP contribution in [0.25, 0.3) is 53.6 Å². The maximum absolute atomic E-state index is 2.57. The molecule has 2 heteroatoms. The zero-order chi connectivity index (χ0) is 37.6. The molecule has 4 bridgehead atoms. The fourth-order valence-corrected chi connectivity index (χ4v) is 14.4. The SMILES string of the molecule is CC1(C)c2ccccc2-c2ccc(N(c3ccc(-c4ccc5c(c4)sc4ccccc45)cc3)c3ccc4c(c3)-c3ccccc3C43C4CC5CC(C4)CC3C5)cc21. The molecule has 0 atom stereocenters. The smallest absolute Gasteiger partial charge is 0.0468 e. The average molecular weight is 752 g/mol. The van der Waals surface area contributed by atoms with Gasteiger partial charge in [0.1, 0.15) is 0 Å². The number of nitrogens with zero attached hydrogens (tertiary/aromatic N) is 1. The van der Waals surface area contributed by atoms with E-state index >= 15 is 0 Å². The lowest BCUT2D eigenvalue weighted by molar-refractivity contribution is -0.0399. The molecule has 57 heavy (non-hydrogen) atoms. The third-order valence-electron chi connectivity index (χ3n) is 15.5. The molecule has 4 saturated carbocycles. The molecule has 1 heterocycles. The highest BCUT2D eigenvalue weighted by Crippen LogP contribution is 2.69. The summed E-state index contributed by atoms with van der Waals surface area (Å²) in [4.78, 5) is 2.53. The van der Waals surface area contributed by atoms with Gasteiger partial charge in [-0.3, -0.25) is 0 Å². The lowest BCUT2D eigenvalue weighted by atomic mass is 9.43. The van der Waals surface area contributed by atoms with Crippen molar-refractivity contribution in [2.45, 2.75) is 56.8 Å². The van der Waals surface area contributed by atoms with Gasteiger partial charge >= 0.3 is 0 Å². The van der Waals surface area contributed by atoms with Crippen LogP contribution in [0.2, 0.25) is 0 Å². The van der Waals surface area contributed by atoms with E-state index in [9.17, 15) is 0 Å². The Bertz CT molecular complexity index is 2930. The Morgan fingerprint density at radius 3 is 1.81 bits per heavy atom. The van der Waals surface area contributed by atoms with E-state index < -0.39 is 0 Å². The van der Waals surface area contributed by atoms with Crippen molar-refractivity contribution in [1.29, 1.82) is 0 Å². The minimum absolute atomic E-state index is 0.0779. The zero-order valence-electron chi connectivity index (χ0n) is 32.6. The van der Waals surface area contributed by atoms with E-state index in [1.165, 1.54) is 114 Å². The third-order valence-corrected chi connectivity index (χ3v) is 16.6. The summed E-state index contributed by atoms with van der Waals surface area (Å²) in [5, 5.41) is 2.69. The first-order valence-corrected chi connectivity index (χ1v) is 22.1. The van der Waals surface area contributed by atoms with Crippen LogP contribution in [-0.4, -0.2) is 0 Å². The molecule has 1 aromatic heterocycles. The summed E-state index contributed by atoms with van der Waals surface area (Å²) in [5.41, 5.74) is 17.9. The summed E-state index contributed by atoms with van der Waals surface area (Å²) in [6, 6.07) is 58.5. The molecule has 7 aromatic carbocycles. The summed E-state index contributed by atoms with van der Waals surface area (Å²) in [6.45, 7) is 4.79. The fourth-order valence-electron chi connectivity index (χ4n) is 13.3. The molecule has 1 spiro atoms. The molecule has 0 saturated heterocycles. The second kappa shape index (κ2) is 11.6. The van der Waals surface area contributed by atoms with Gasteiger partial charge in [-0.15, -0.1) is 11.3 Å². The predicted octanol–water partition coefficient (Wildman–Crippen LogP) is 15.2. The van der Waals surface area contributed by atoms with Crippen LogP contribution >= 0.6 is 11.3 Å². The Morgan fingerprint density at radius 2 is 1.02 bits per heavy atom. The molecule has 0 amide bonds. The van der Waals surface area contributed by atoms with E-state index in [1.807, 2.05) is 11.3 Å². The highest BCUT2D eigenvalue weighted by molar-refractivity contribution is 7.25. The molecular formula is C55H45NS. The molecule has 276 valence electrons. The second-order valence-electron chi connectivity index (χ2n) is 18.5. The van der Waals surface area contributed by atoms with Crippen molar-refractivity contribution in [2.24, 2.45) is 23.7 Å². The zero-order valence-corrected chi connectivity index (χ0v) is 33.5. The standard InChI is InChI=1S/C55H45NS/c1-54(2)48-12-6-3-9-42(48)44-23-20-41(32-51(44)54)56(39-18-15-35(16-19-39)36-17-22-46-45-11-5-8-14-52(45)57-53(46)30-36)40-21-24-50-47(31-40)43-10-4-7-13-49(43)55(50)37-26-33-25-34(28-37)29-38(55)27-33/h3-24,30-34,37-38H,25-29H2,1-2H3. The number of anilines is 3. The third kappa shape index (κ3) is 4.40. The van der Waals surface area contributed by atoms with Crippen LogP contribution in [0.15, 0.2) is 152 Å². The number of benzene rings is 7. The Balaban J connectivity index is 0.963. The van der Waals surface area contributed by atoms with Crippen LogP contribution in [0.1, 0.15) is 68.2 Å². The maximum Gasteiger partial charge on any atom is 0.0468 e. The molecule has 0 unspecified atom stereocenters. The Labute approximate surface area is 339 Å². The summed E-state index contributed by atoms with van der Waals surface area (Å²) in [6.07, 6.45) is 7.11. The van der Waals surface area contributed by atoms with E-state index in [0.29, 0.717) is 0 Å². The highest BCUT2D eigenvalue weighted by atomic mass is 32.1. The molecule has 14 rings (SSSR count). The number of thiophene rings is 1.